The van der Waals surface area contributed by atoms with Crippen molar-refractivity contribution < 1.29 is 9.32 Å². The number of rotatable bonds is 5. The Bertz CT molecular complexity index is 950. The molecule has 0 spiro atoms. The monoisotopic (exact) mass is 360 g/mol. The molecule has 0 unspecified atom stereocenters. The van der Waals surface area contributed by atoms with E-state index < -0.39 is 5.56 Å². The zero-order chi connectivity index (χ0) is 17.8. The zero-order valence-electron chi connectivity index (χ0n) is 13.1. The summed E-state index contributed by atoms with van der Waals surface area (Å²) in [6, 6.07) is 6.04. The van der Waals surface area contributed by atoms with E-state index in [0.717, 1.165) is 4.68 Å². The molecule has 0 saturated heterocycles. The molecule has 0 fully saturated rings. The zero-order valence-corrected chi connectivity index (χ0v) is 13.9. The number of aromatic nitrogens is 5. The third-order valence-corrected chi connectivity index (χ3v) is 3.36. The highest BCUT2D eigenvalue weighted by molar-refractivity contribution is 6.30. The van der Waals surface area contributed by atoms with Gasteiger partial charge in [0, 0.05) is 18.8 Å². The molecule has 3 aromatic rings. The first-order chi connectivity index (χ1) is 12.1. The lowest BCUT2D eigenvalue weighted by Gasteiger charge is -2.05. The van der Waals surface area contributed by atoms with Crippen molar-refractivity contribution in [3.8, 4) is 23.1 Å². The van der Waals surface area contributed by atoms with Gasteiger partial charge in [-0.1, -0.05) is 16.8 Å². The second-order valence-electron chi connectivity index (χ2n) is 4.95. The average Bonchev–Trinajstić information content (AvgIpc) is 3.08. The molecule has 0 aliphatic rings. The molecule has 0 aromatic carbocycles. The fraction of sp³-hybridized carbons (Fsp3) is 0.200. The number of carbonyl (C=O) groups is 1. The van der Waals surface area contributed by atoms with E-state index in [1.807, 2.05) is 0 Å². The van der Waals surface area contributed by atoms with Crippen molar-refractivity contribution >= 4 is 17.5 Å². The van der Waals surface area contributed by atoms with E-state index in [0.29, 0.717) is 23.0 Å². The Balaban J connectivity index is 1.88. The van der Waals surface area contributed by atoms with Crippen molar-refractivity contribution in [3.63, 3.8) is 0 Å². The highest BCUT2D eigenvalue weighted by atomic mass is 35.5. The molecule has 9 nitrogen and oxygen atoms in total. The first kappa shape index (κ1) is 16.8. The van der Waals surface area contributed by atoms with Crippen LogP contribution in [0.3, 0.4) is 0 Å². The third-order valence-electron chi connectivity index (χ3n) is 3.14. The quantitative estimate of drug-likeness (QED) is 0.725. The Morgan fingerprint density at radius 3 is 2.80 bits per heavy atom. The molecule has 25 heavy (non-hydrogen) atoms. The van der Waals surface area contributed by atoms with Crippen LogP contribution < -0.4 is 10.9 Å². The topological polar surface area (TPSA) is 116 Å². The largest absolute Gasteiger partial charge is 0.355 e. The molecule has 0 atom stereocenters. The predicted molar refractivity (Wildman–Crippen MR) is 88.7 cm³/mol. The van der Waals surface area contributed by atoms with Crippen LogP contribution in [0.25, 0.3) is 23.1 Å². The van der Waals surface area contributed by atoms with E-state index in [1.165, 1.54) is 18.3 Å². The van der Waals surface area contributed by atoms with Gasteiger partial charge < -0.3 is 9.84 Å². The summed E-state index contributed by atoms with van der Waals surface area (Å²) in [6.45, 7) is 2.07. The van der Waals surface area contributed by atoms with Gasteiger partial charge in [-0.25, -0.2) is 9.67 Å². The second-order valence-corrected chi connectivity index (χ2v) is 5.39. The molecule has 0 bridgehead atoms. The summed E-state index contributed by atoms with van der Waals surface area (Å²) in [4.78, 5) is 31.8. The van der Waals surface area contributed by atoms with Gasteiger partial charge in [0.2, 0.25) is 11.7 Å². The highest BCUT2D eigenvalue weighted by Crippen LogP contribution is 2.19. The number of nitrogens with zero attached hydrogens (tertiary/aromatic N) is 5. The Kier molecular flexibility index (Phi) is 4.85. The van der Waals surface area contributed by atoms with Crippen LogP contribution in [0.5, 0.6) is 0 Å². The number of amides is 1. The van der Waals surface area contributed by atoms with Crippen LogP contribution in [0, 0.1) is 0 Å². The number of halogens is 1. The van der Waals surface area contributed by atoms with Gasteiger partial charge in [-0.05, 0) is 25.1 Å². The molecule has 1 N–H and O–H groups in total. The maximum atomic E-state index is 11.8. The van der Waals surface area contributed by atoms with E-state index >= 15 is 0 Å². The van der Waals surface area contributed by atoms with Gasteiger partial charge in [0.25, 0.3) is 11.4 Å². The first-order valence-corrected chi connectivity index (χ1v) is 7.75. The van der Waals surface area contributed by atoms with Crippen LogP contribution in [-0.2, 0) is 11.3 Å². The summed E-state index contributed by atoms with van der Waals surface area (Å²) in [5.41, 5.74) is 0.352. The molecule has 0 aliphatic heterocycles. The molecule has 10 heteroatoms. The van der Waals surface area contributed by atoms with E-state index in [1.54, 1.807) is 19.1 Å². The Hall–Kier alpha value is -3.07. The summed E-state index contributed by atoms with van der Waals surface area (Å²) in [5, 5.41) is 11.0. The molecule has 3 heterocycles. The lowest BCUT2D eigenvalue weighted by atomic mass is 10.3. The molecular formula is C15H13ClN6O3. The standard InChI is InChI=1S/C15H13ClN6O3/c1-2-17-12(23)8-22-13(24)6-5-10(20-22)14-19-15(25-21-14)11-4-3-9(16)7-18-11/h3-7H,2,8H2,1H3,(H,17,23). The number of nitrogens with one attached hydrogen (secondary N) is 1. The fourth-order valence-corrected chi connectivity index (χ4v) is 2.12. The van der Waals surface area contributed by atoms with Gasteiger partial charge >= 0.3 is 0 Å². The number of likely N-dealkylation sites (N-methyl/N-ethyl adjacent to an activating group) is 1. The van der Waals surface area contributed by atoms with Gasteiger partial charge in [0.1, 0.15) is 17.9 Å². The van der Waals surface area contributed by atoms with Crippen molar-refractivity contribution in [1.82, 2.24) is 30.2 Å². The number of hydrogen-bond donors (Lipinski definition) is 1. The van der Waals surface area contributed by atoms with Crippen molar-refractivity contribution in [2.75, 3.05) is 6.54 Å². The summed E-state index contributed by atoms with van der Waals surface area (Å²) in [5.74, 6) is 0.0553. The molecule has 1 amide bonds. The first-order valence-electron chi connectivity index (χ1n) is 7.37. The van der Waals surface area contributed by atoms with Crippen LogP contribution in [-0.4, -0.2) is 37.4 Å². The summed E-state index contributed by atoms with van der Waals surface area (Å²) >= 11 is 5.79. The molecule has 0 radical (unpaired) electrons. The van der Waals surface area contributed by atoms with Gasteiger partial charge in [0.15, 0.2) is 0 Å². The third kappa shape index (κ3) is 3.89. The lowest BCUT2D eigenvalue weighted by molar-refractivity contribution is -0.121. The van der Waals surface area contributed by atoms with Crippen molar-refractivity contribution in [1.29, 1.82) is 0 Å². The van der Waals surface area contributed by atoms with Gasteiger partial charge in [-0.3, -0.25) is 9.59 Å². The normalized spacial score (nSPS) is 10.6. The summed E-state index contributed by atoms with van der Waals surface area (Å²) in [6.07, 6.45) is 1.46. The molecule has 3 rings (SSSR count). The smallest absolute Gasteiger partial charge is 0.276 e. The fourth-order valence-electron chi connectivity index (χ4n) is 2.00. The van der Waals surface area contributed by atoms with Crippen LogP contribution in [0.1, 0.15) is 6.92 Å². The Morgan fingerprint density at radius 1 is 1.28 bits per heavy atom. The van der Waals surface area contributed by atoms with Crippen LogP contribution in [0.15, 0.2) is 39.8 Å². The minimum absolute atomic E-state index is 0.177. The van der Waals surface area contributed by atoms with Crippen molar-refractivity contribution in [2.45, 2.75) is 13.5 Å². The highest BCUT2D eigenvalue weighted by Gasteiger charge is 2.14. The molecule has 3 aromatic heterocycles. The van der Waals surface area contributed by atoms with Crippen molar-refractivity contribution in [3.05, 3.63) is 45.8 Å². The van der Waals surface area contributed by atoms with Gasteiger partial charge in [0.05, 0.1) is 5.02 Å². The SMILES string of the molecule is CCNC(=O)Cn1nc(-c2noc(-c3ccc(Cl)cn3)n2)ccc1=O. The summed E-state index contributed by atoms with van der Waals surface area (Å²) < 4.78 is 6.20. The van der Waals surface area contributed by atoms with Crippen LogP contribution in [0.4, 0.5) is 0 Å². The average molecular weight is 361 g/mol. The van der Waals surface area contributed by atoms with Crippen LogP contribution >= 0.6 is 11.6 Å². The van der Waals surface area contributed by atoms with E-state index in [-0.39, 0.29) is 24.2 Å². The summed E-state index contributed by atoms with van der Waals surface area (Å²) in [7, 11) is 0. The maximum Gasteiger partial charge on any atom is 0.276 e. The second kappa shape index (κ2) is 7.22. The van der Waals surface area contributed by atoms with E-state index in [4.69, 9.17) is 16.1 Å². The number of carbonyl (C=O) groups excluding carboxylic acids is 1. The van der Waals surface area contributed by atoms with Crippen molar-refractivity contribution in [2.24, 2.45) is 0 Å². The molecule has 0 aliphatic carbocycles. The van der Waals surface area contributed by atoms with Gasteiger partial charge in [-0.2, -0.15) is 10.1 Å². The Morgan fingerprint density at radius 2 is 2.08 bits per heavy atom. The maximum absolute atomic E-state index is 11.8. The van der Waals surface area contributed by atoms with Gasteiger partial charge in [-0.15, -0.1) is 0 Å². The van der Waals surface area contributed by atoms with E-state index in [2.05, 4.69) is 25.5 Å². The minimum atomic E-state index is -0.405. The van der Waals surface area contributed by atoms with E-state index in [9.17, 15) is 9.59 Å². The molecule has 0 saturated carbocycles. The number of pyridine rings is 1. The number of hydrogen-bond acceptors (Lipinski definition) is 7. The molecule has 128 valence electrons. The van der Waals surface area contributed by atoms with Crippen LogP contribution in [0.2, 0.25) is 5.02 Å². The molecular weight excluding hydrogens is 348 g/mol. The Labute approximate surface area is 146 Å². The lowest BCUT2D eigenvalue weighted by Crippen LogP contribution is -2.33. The minimum Gasteiger partial charge on any atom is -0.355 e. The predicted octanol–water partition coefficient (Wildman–Crippen LogP) is 1.14.